The molecule has 0 aromatic carbocycles. The van der Waals surface area contributed by atoms with Crippen molar-refractivity contribution in [3.05, 3.63) is 32.3 Å². The first-order chi connectivity index (χ1) is 16.2. The van der Waals surface area contributed by atoms with Crippen LogP contribution in [0.5, 0.6) is 0 Å². The van der Waals surface area contributed by atoms with E-state index in [0.29, 0.717) is 27.6 Å². The quantitative estimate of drug-likeness (QED) is 0.372. The number of nitrogens with two attached hydrogens (primary N) is 1. The summed E-state index contributed by atoms with van der Waals surface area (Å²) in [5.74, 6) is 1.36. The SMILES string of the molecule is CC1CCc2c(sc(NC(=O)CSc3nnc(-c4csc(C(C)C)c4)n3C(C)C)c2C(N)=O)C1. The molecule has 1 aliphatic carbocycles. The number of aromatic nitrogens is 3. The maximum absolute atomic E-state index is 12.8. The molecule has 0 saturated heterocycles. The van der Waals surface area contributed by atoms with Crippen LogP contribution in [0.15, 0.2) is 16.6 Å². The van der Waals surface area contributed by atoms with Gasteiger partial charge in [-0.25, -0.2) is 0 Å². The molecule has 182 valence electrons. The predicted octanol–water partition coefficient (Wildman–Crippen LogP) is 5.73. The van der Waals surface area contributed by atoms with Gasteiger partial charge in [-0.15, -0.1) is 32.9 Å². The van der Waals surface area contributed by atoms with Crippen molar-refractivity contribution >= 4 is 51.3 Å². The summed E-state index contributed by atoms with van der Waals surface area (Å²) in [5, 5.41) is 15.1. The maximum atomic E-state index is 12.8. The number of fused-ring (bicyclic) bond motifs is 1. The van der Waals surface area contributed by atoms with Crippen molar-refractivity contribution in [3.63, 3.8) is 0 Å². The Morgan fingerprint density at radius 2 is 2.06 bits per heavy atom. The number of nitrogens with zero attached hydrogens (tertiary/aromatic N) is 3. The zero-order valence-electron chi connectivity index (χ0n) is 20.2. The largest absolute Gasteiger partial charge is 0.365 e. The third-order valence-electron chi connectivity index (χ3n) is 5.97. The molecule has 10 heteroatoms. The molecular weight excluding hydrogens is 486 g/mol. The van der Waals surface area contributed by atoms with E-state index in [1.165, 1.54) is 28.0 Å². The van der Waals surface area contributed by atoms with Crippen LogP contribution >= 0.6 is 34.4 Å². The summed E-state index contributed by atoms with van der Waals surface area (Å²) < 4.78 is 2.07. The van der Waals surface area contributed by atoms with Gasteiger partial charge in [0.25, 0.3) is 5.91 Å². The van der Waals surface area contributed by atoms with Gasteiger partial charge in [0.05, 0.1) is 11.3 Å². The van der Waals surface area contributed by atoms with Crippen LogP contribution < -0.4 is 11.1 Å². The Kier molecular flexibility index (Phi) is 7.49. The van der Waals surface area contributed by atoms with Crippen LogP contribution in [0.1, 0.15) is 78.7 Å². The van der Waals surface area contributed by atoms with Crippen LogP contribution in [0, 0.1) is 5.92 Å². The number of anilines is 1. The summed E-state index contributed by atoms with van der Waals surface area (Å²) >= 11 is 4.56. The van der Waals surface area contributed by atoms with Gasteiger partial charge >= 0.3 is 0 Å². The van der Waals surface area contributed by atoms with Crippen LogP contribution in [0.3, 0.4) is 0 Å². The Morgan fingerprint density at radius 3 is 2.71 bits per heavy atom. The number of amides is 2. The fourth-order valence-corrected chi connectivity index (χ4v) is 7.41. The minimum absolute atomic E-state index is 0.144. The van der Waals surface area contributed by atoms with E-state index in [0.717, 1.165) is 41.1 Å². The molecule has 0 bridgehead atoms. The maximum Gasteiger partial charge on any atom is 0.251 e. The number of hydrogen-bond donors (Lipinski definition) is 2. The van der Waals surface area contributed by atoms with E-state index < -0.39 is 5.91 Å². The van der Waals surface area contributed by atoms with Crippen molar-refractivity contribution in [3.8, 4) is 11.4 Å². The van der Waals surface area contributed by atoms with Gasteiger partial charge in [0.1, 0.15) is 5.00 Å². The molecule has 0 saturated carbocycles. The predicted molar refractivity (Wildman–Crippen MR) is 141 cm³/mol. The second-order valence-electron chi connectivity index (χ2n) is 9.42. The topological polar surface area (TPSA) is 103 Å². The van der Waals surface area contributed by atoms with Gasteiger partial charge in [0.15, 0.2) is 11.0 Å². The molecule has 3 aromatic rings. The Hall–Kier alpha value is -2.17. The molecule has 1 atom stereocenters. The van der Waals surface area contributed by atoms with Gasteiger partial charge in [-0.1, -0.05) is 32.5 Å². The summed E-state index contributed by atoms with van der Waals surface area (Å²) in [6, 6.07) is 2.31. The molecule has 0 aliphatic heterocycles. The fourth-order valence-electron chi connectivity index (χ4n) is 4.20. The van der Waals surface area contributed by atoms with Crippen molar-refractivity contribution in [1.82, 2.24) is 14.8 Å². The van der Waals surface area contributed by atoms with Crippen LogP contribution in [0.25, 0.3) is 11.4 Å². The lowest BCUT2D eigenvalue weighted by molar-refractivity contribution is -0.113. The highest BCUT2D eigenvalue weighted by Crippen LogP contribution is 2.39. The van der Waals surface area contributed by atoms with E-state index in [9.17, 15) is 9.59 Å². The first kappa shape index (κ1) is 24.9. The average Bonchev–Trinajstić information content (AvgIpc) is 3.47. The van der Waals surface area contributed by atoms with Crippen LogP contribution in [0.2, 0.25) is 0 Å². The van der Waals surface area contributed by atoms with E-state index in [-0.39, 0.29) is 17.7 Å². The molecule has 7 nitrogen and oxygen atoms in total. The molecule has 3 aromatic heterocycles. The summed E-state index contributed by atoms with van der Waals surface area (Å²) in [6.45, 7) is 10.7. The second-order valence-corrected chi connectivity index (χ2v) is 12.4. The summed E-state index contributed by atoms with van der Waals surface area (Å²) in [5.41, 5.74) is 8.23. The number of thiophene rings is 2. The number of carbonyl (C=O) groups excluding carboxylic acids is 2. The molecule has 0 radical (unpaired) electrons. The number of nitrogens with one attached hydrogen (secondary N) is 1. The Morgan fingerprint density at radius 1 is 1.29 bits per heavy atom. The molecule has 4 rings (SSSR count). The van der Waals surface area contributed by atoms with Crippen LogP contribution in [0.4, 0.5) is 5.00 Å². The zero-order chi connectivity index (χ0) is 24.6. The molecular formula is C24H31N5O2S3. The van der Waals surface area contributed by atoms with Gasteiger partial charge in [-0.05, 0) is 56.6 Å². The van der Waals surface area contributed by atoms with Gasteiger partial charge in [0, 0.05) is 26.7 Å². The summed E-state index contributed by atoms with van der Waals surface area (Å²) in [4.78, 5) is 27.5. The summed E-state index contributed by atoms with van der Waals surface area (Å²) in [7, 11) is 0. The first-order valence-corrected chi connectivity index (χ1v) is 14.2. The molecule has 1 aliphatic rings. The Labute approximate surface area is 212 Å². The minimum atomic E-state index is -0.476. The number of hydrogen-bond acceptors (Lipinski definition) is 7. The molecule has 1 unspecified atom stereocenters. The Balaban J connectivity index is 1.50. The van der Waals surface area contributed by atoms with Gasteiger partial charge in [0.2, 0.25) is 5.91 Å². The van der Waals surface area contributed by atoms with E-state index in [2.05, 4.69) is 66.1 Å². The zero-order valence-corrected chi connectivity index (χ0v) is 22.6. The van der Waals surface area contributed by atoms with Crippen molar-refractivity contribution in [2.75, 3.05) is 11.1 Å². The smallest absolute Gasteiger partial charge is 0.251 e. The van der Waals surface area contributed by atoms with Gasteiger partial charge in [-0.3, -0.25) is 14.2 Å². The van der Waals surface area contributed by atoms with E-state index >= 15 is 0 Å². The number of primary amides is 1. The Bertz CT molecular complexity index is 1210. The number of carbonyl (C=O) groups is 2. The molecule has 34 heavy (non-hydrogen) atoms. The van der Waals surface area contributed by atoms with Crippen molar-refractivity contribution < 1.29 is 9.59 Å². The lowest BCUT2D eigenvalue weighted by Gasteiger charge is -2.18. The highest BCUT2D eigenvalue weighted by atomic mass is 32.2. The third kappa shape index (κ3) is 5.08. The fraction of sp³-hybridized carbons (Fsp3) is 0.500. The van der Waals surface area contributed by atoms with E-state index in [4.69, 9.17) is 5.73 Å². The molecule has 3 N–H and O–H groups in total. The van der Waals surface area contributed by atoms with Crippen LogP contribution in [-0.4, -0.2) is 32.3 Å². The molecule has 0 fully saturated rings. The van der Waals surface area contributed by atoms with E-state index in [1.807, 2.05) is 0 Å². The number of thioether (sulfide) groups is 1. The third-order valence-corrected chi connectivity index (χ3v) is 9.32. The molecule has 0 spiro atoms. The van der Waals surface area contributed by atoms with Crippen molar-refractivity contribution in [1.29, 1.82) is 0 Å². The van der Waals surface area contributed by atoms with Crippen molar-refractivity contribution in [2.45, 2.75) is 71.0 Å². The average molecular weight is 518 g/mol. The molecule has 2 amide bonds. The minimum Gasteiger partial charge on any atom is -0.365 e. The second kappa shape index (κ2) is 10.2. The number of rotatable bonds is 8. The van der Waals surface area contributed by atoms with Gasteiger partial charge < -0.3 is 11.1 Å². The van der Waals surface area contributed by atoms with Gasteiger partial charge in [-0.2, -0.15) is 0 Å². The summed E-state index contributed by atoms with van der Waals surface area (Å²) in [6.07, 6.45) is 2.78. The van der Waals surface area contributed by atoms with Crippen LogP contribution in [-0.2, 0) is 17.6 Å². The highest BCUT2D eigenvalue weighted by Gasteiger charge is 2.27. The highest BCUT2D eigenvalue weighted by molar-refractivity contribution is 7.99. The van der Waals surface area contributed by atoms with Crippen molar-refractivity contribution in [2.24, 2.45) is 11.7 Å². The van der Waals surface area contributed by atoms with E-state index in [1.54, 1.807) is 11.3 Å². The first-order valence-electron chi connectivity index (χ1n) is 11.6. The standard InChI is InChI=1S/C24H31N5O2S3/c1-12(2)17-9-15(10-32-17)22-27-28-24(29(22)13(3)4)33-11-19(30)26-23-20(21(25)31)16-7-6-14(5)8-18(16)34-23/h9-10,12-14H,6-8,11H2,1-5H3,(H2,25,31)(H,26,30). The lowest BCUT2D eigenvalue weighted by atomic mass is 9.88. The molecule has 3 heterocycles. The monoisotopic (exact) mass is 517 g/mol. The lowest BCUT2D eigenvalue weighted by Crippen LogP contribution is -2.20. The normalized spacial score (nSPS) is 15.7.